The normalized spacial score (nSPS) is 17.2. The Balaban J connectivity index is 0.00000240. The molecule has 0 aromatic heterocycles. The van der Waals surface area contributed by atoms with Crippen LogP contribution in [-0.2, 0) is 0 Å². The van der Waals surface area contributed by atoms with Crippen molar-refractivity contribution in [1.82, 2.24) is 0 Å². The van der Waals surface area contributed by atoms with Gasteiger partial charge >= 0.3 is 0 Å². The average Bonchev–Trinajstić information content (AvgIpc) is 2.79. The zero-order chi connectivity index (χ0) is 19.2. The molecule has 0 amide bonds. The van der Waals surface area contributed by atoms with Gasteiger partial charge in [-0.2, -0.15) is 0 Å². The first-order valence-electron chi connectivity index (χ1n) is 10.4. The summed E-state index contributed by atoms with van der Waals surface area (Å²) >= 11 is 1.75. The van der Waals surface area contributed by atoms with Crippen LogP contribution in [0.3, 0.4) is 0 Å². The van der Waals surface area contributed by atoms with Crippen molar-refractivity contribution in [2.24, 2.45) is 4.99 Å². The van der Waals surface area contributed by atoms with E-state index in [1.54, 1.807) is 11.8 Å². The highest BCUT2D eigenvalue weighted by atomic mass is 79.9. The highest BCUT2D eigenvalue weighted by molar-refractivity contribution is 8.93. The fourth-order valence-corrected chi connectivity index (χ4v) is 5.07. The van der Waals surface area contributed by atoms with E-state index < -0.39 is 0 Å². The number of aliphatic imine (C=N–C) groups is 1. The van der Waals surface area contributed by atoms with Gasteiger partial charge in [-0.3, -0.25) is 9.79 Å². The van der Waals surface area contributed by atoms with E-state index >= 15 is 0 Å². The molecular weight excluding hydrogens is 444 g/mol. The van der Waals surface area contributed by atoms with Gasteiger partial charge in [0.25, 0.3) is 0 Å². The van der Waals surface area contributed by atoms with Gasteiger partial charge in [-0.1, -0.05) is 73.5 Å². The number of hydrogen-bond acceptors (Lipinski definition) is 4. The SMILES string of the molecule is Br.O=C(CN(C1=NCCCS1)c1ccccc1)c1ccc(C2CCCCC2)cc1. The van der Waals surface area contributed by atoms with E-state index in [9.17, 15) is 4.79 Å². The van der Waals surface area contributed by atoms with Crippen molar-refractivity contribution in [3.8, 4) is 0 Å². The van der Waals surface area contributed by atoms with Crippen LogP contribution in [0, 0.1) is 0 Å². The quantitative estimate of drug-likeness (QED) is 0.465. The van der Waals surface area contributed by atoms with Gasteiger partial charge in [0.05, 0.1) is 6.54 Å². The molecule has 5 heteroatoms. The smallest absolute Gasteiger partial charge is 0.182 e. The molecule has 1 fully saturated rings. The number of anilines is 1. The summed E-state index contributed by atoms with van der Waals surface area (Å²) in [6.45, 7) is 1.18. The van der Waals surface area contributed by atoms with Crippen molar-refractivity contribution >= 4 is 45.4 Å². The Bertz CT molecular complexity index is 817. The molecule has 0 spiro atoms. The van der Waals surface area contributed by atoms with E-state index in [0.717, 1.165) is 35.1 Å². The van der Waals surface area contributed by atoms with Gasteiger partial charge in [-0.05, 0) is 42.9 Å². The summed E-state index contributed by atoms with van der Waals surface area (Å²) in [5, 5.41) is 0.963. The van der Waals surface area contributed by atoms with E-state index in [0.29, 0.717) is 12.5 Å². The van der Waals surface area contributed by atoms with Crippen LogP contribution in [0.15, 0.2) is 59.6 Å². The van der Waals surface area contributed by atoms with Crippen LogP contribution in [0.25, 0.3) is 0 Å². The van der Waals surface area contributed by atoms with Gasteiger partial charge in [0.2, 0.25) is 0 Å². The molecule has 29 heavy (non-hydrogen) atoms. The van der Waals surface area contributed by atoms with Crippen LogP contribution in [0.1, 0.15) is 60.4 Å². The molecular formula is C24H29BrN2OS. The third kappa shape index (κ3) is 5.73. The molecule has 0 saturated heterocycles. The molecule has 1 aliphatic heterocycles. The Morgan fingerprint density at radius 2 is 1.69 bits per heavy atom. The highest BCUT2D eigenvalue weighted by Gasteiger charge is 2.21. The number of ketones is 1. The Kier molecular flexibility index (Phi) is 8.37. The maximum atomic E-state index is 13.1. The predicted octanol–water partition coefficient (Wildman–Crippen LogP) is 6.49. The number of thioether (sulfide) groups is 1. The molecule has 2 aromatic rings. The van der Waals surface area contributed by atoms with Crippen molar-refractivity contribution in [3.05, 3.63) is 65.7 Å². The number of Topliss-reactive ketones (excluding diaryl/α,β-unsaturated/α-hetero) is 1. The fourth-order valence-electron chi connectivity index (χ4n) is 4.10. The molecule has 154 valence electrons. The molecule has 2 aromatic carbocycles. The van der Waals surface area contributed by atoms with Gasteiger partial charge < -0.3 is 4.90 Å². The summed E-state index contributed by atoms with van der Waals surface area (Å²) in [7, 11) is 0. The minimum atomic E-state index is 0. The minimum absolute atomic E-state index is 0. The van der Waals surface area contributed by atoms with Crippen molar-refractivity contribution in [3.63, 3.8) is 0 Å². The van der Waals surface area contributed by atoms with Gasteiger partial charge in [-0.15, -0.1) is 17.0 Å². The van der Waals surface area contributed by atoms with Gasteiger partial charge in [0.1, 0.15) is 0 Å². The molecule has 0 unspecified atom stereocenters. The van der Waals surface area contributed by atoms with Crippen molar-refractivity contribution < 1.29 is 4.79 Å². The van der Waals surface area contributed by atoms with E-state index in [2.05, 4.69) is 34.2 Å². The number of para-hydroxylation sites is 1. The minimum Gasteiger partial charge on any atom is -0.313 e. The van der Waals surface area contributed by atoms with E-state index in [4.69, 9.17) is 0 Å². The maximum absolute atomic E-state index is 13.1. The molecule has 0 radical (unpaired) electrons. The van der Waals surface area contributed by atoms with Crippen molar-refractivity contribution in [2.45, 2.75) is 44.4 Å². The van der Waals surface area contributed by atoms with Crippen LogP contribution < -0.4 is 4.90 Å². The Morgan fingerprint density at radius 1 is 0.966 bits per heavy atom. The van der Waals surface area contributed by atoms with Gasteiger partial charge in [0.15, 0.2) is 11.0 Å². The molecule has 0 bridgehead atoms. The molecule has 3 nitrogen and oxygen atoms in total. The largest absolute Gasteiger partial charge is 0.313 e. The second-order valence-corrected chi connectivity index (χ2v) is 8.73. The van der Waals surface area contributed by atoms with Crippen LogP contribution >= 0.6 is 28.7 Å². The average molecular weight is 473 g/mol. The van der Waals surface area contributed by atoms with E-state index in [-0.39, 0.29) is 22.8 Å². The number of hydrogen-bond donors (Lipinski definition) is 0. The summed E-state index contributed by atoms with van der Waals surface area (Å²) in [5.74, 6) is 1.88. The lowest BCUT2D eigenvalue weighted by Crippen LogP contribution is -2.35. The second kappa shape index (κ2) is 11.0. The lowest BCUT2D eigenvalue weighted by atomic mass is 9.84. The zero-order valence-electron chi connectivity index (χ0n) is 16.8. The Labute approximate surface area is 188 Å². The van der Waals surface area contributed by atoms with Crippen LogP contribution in [0.2, 0.25) is 0 Å². The number of rotatable bonds is 5. The fraction of sp³-hybridized carbons (Fsp3) is 0.417. The summed E-state index contributed by atoms with van der Waals surface area (Å²) < 4.78 is 0. The first kappa shape index (κ1) is 22.1. The first-order valence-corrected chi connectivity index (χ1v) is 11.4. The summed E-state index contributed by atoms with van der Waals surface area (Å²) in [4.78, 5) is 19.8. The van der Waals surface area contributed by atoms with Crippen LogP contribution in [0.4, 0.5) is 5.69 Å². The van der Waals surface area contributed by atoms with Crippen LogP contribution in [0.5, 0.6) is 0 Å². The Hall–Kier alpha value is -1.59. The summed E-state index contributed by atoms with van der Waals surface area (Å²) in [6, 6.07) is 18.5. The number of carbonyl (C=O) groups excluding carboxylic acids is 1. The molecule has 4 rings (SSSR count). The number of nitrogens with zero attached hydrogens (tertiary/aromatic N) is 2. The zero-order valence-corrected chi connectivity index (χ0v) is 19.3. The molecule has 0 N–H and O–H groups in total. The van der Waals surface area contributed by atoms with Crippen LogP contribution in [-0.4, -0.2) is 29.8 Å². The number of benzene rings is 2. The highest BCUT2D eigenvalue weighted by Crippen LogP contribution is 2.32. The lowest BCUT2D eigenvalue weighted by molar-refractivity contribution is 0.100. The number of halogens is 1. The first-order chi connectivity index (χ1) is 13.8. The molecule has 1 saturated carbocycles. The number of carbonyl (C=O) groups is 1. The van der Waals surface area contributed by atoms with Crippen molar-refractivity contribution in [2.75, 3.05) is 23.7 Å². The molecule has 1 aliphatic carbocycles. The maximum Gasteiger partial charge on any atom is 0.182 e. The topological polar surface area (TPSA) is 32.7 Å². The van der Waals surface area contributed by atoms with E-state index in [1.165, 1.54) is 37.7 Å². The summed E-state index contributed by atoms with van der Waals surface area (Å²) in [5.41, 5.74) is 3.22. The van der Waals surface area contributed by atoms with E-state index in [1.807, 2.05) is 30.3 Å². The van der Waals surface area contributed by atoms with Gasteiger partial charge in [0, 0.05) is 23.5 Å². The summed E-state index contributed by atoms with van der Waals surface area (Å²) in [6.07, 6.45) is 7.70. The van der Waals surface area contributed by atoms with Gasteiger partial charge in [-0.25, -0.2) is 0 Å². The Morgan fingerprint density at radius 3 is 2.34 bits per heavy atom. The predicted molar refractivity (Wildman–Crippen MR) is 130 cm³/mol. The lowest BCUT2D eigenvalue weighted by Gasteiger charge is -2.27. The second-order valence-electron chi connectivity index (χ2n) is 7.67. The molecule has 1 heterocycles. The monoisotopic (exact) mass is 472 g/mol. The third-order valence-electron chi connectivity index (χ3n) is 5.69. The third-order valence-corrected chi connectivity index (χ3v) is 6.79. The standard InChI is InChI=1S/C24H28N2OS.BrH/c27-23(21-14-12-20(13-15-21)19-8-3-1-4-9-19)18-26(22-10-5-2-6-11-22)24-25-16-7-17-28-24;/h2,5-6,10-15,19H,1,3-4,7-9,16-18H2;1H. The number of amidine groups is 1. The molecule has 0 atom stereocenters. The molecule has 2 aliphatic rings. The van der Waals surface area contributed by atoms with Crippen molar-refractivity contribution in [1.29, 1.82) is 0 Å².